The third-order valence-electron chi connectivity index (χ3n) is 5.75. The summed E-state index contributed by atoms with van der Waals surface area (Å²) in [5, 5.41) is 17.5. The van der Waals surface area contributed by atoms with Crippen LogP contribution in [0.25, 0.3) is 0 Å². The Morgan fingerprint density at radius 2 is 1.00 bits per heavy atom. The van der Waals surface area contributed by atoms with Crippen molar-refractivity contribution in [2.24, 2.45) is 10.8 Å². The fraction of sp³-hybridized carbons (Fsp3) is 0.875. The van der Waals surface area contributed by atoms with Gasteiger partial charge < -0.3 is 10.2 Å². The summed E-state index contributed by atoms with van der Waals surface area (Å²) in [6.07, 6.45) is 11.7. The fourth-order valence-electron chi connectivity index (χ4n) is 4.32. The molecule has 0 aliphatic heterocycles. The molecule has 3 aliphatic rings. The first-order chi connectivity index (χ1) is 9.45. The number of hydrogen-bond acceptors (Lipinski definition) is 2. The van der Waals surface area contributed by atoms with Crippen LogP contribution in [0.15, 0.2) is 0 Å². The monoisotopic (exact) mass is 282 g/mol. The molecule has 0 heterocycles. The first-order valence-electron chi connectivity index (χ1n) is 7.89. The summed E-state index contributed by atoms with van der Waals surface area (Å²) in [6.45, 7) is 0. The molecule has 3 aliphatic carbocycles. The SMILES string of the molecule is O=C(O)CCCC12CCC(CCCC(=O)O)(CC1)CC2. The molecule has 0 atom stereocenters. The van der Waals surface area contributed by atoms with Crippen LogP contribution in [0.2, 0.25) is 0 Å². The number of carbonyl (C=O) groups is 2. The number of carboxylic acid groups (broad SMARTS) is 2. The summed E-state index contributed by atoms with van der Waals surface area (Å²) in [6, 6.07) is 0. The molecule has 20 heavy (non-hydrogen) atoms. The quantitative estimate of drug-likeness (QED) is 0.709. The van der Waals surface area contributed by atoms with E-state index in [0.29, 0.717) is 23.7 Å². The van der Waals surface area contributed by atoms with Crippen LogP contribution < -0.4 is 0 Å². The highest BCUT2D eigenvalue weighted by atomic mass is 16.4. The molecule has 3 rings (SSSR count). The van der Waals surface area contributed by atoms with Crippen molar-refractivity contribution in [2.75, 3.05) is 0 Å². The van der Waals surface area contributed by atoms with Gasteiger partial charge in [0, 0.05) is 12.8 Å². The zero-order valence-corrected chi connectivity index (χ0v) is 12.2. The summed E-state index contributed by atoms with van der Waals surface area (Å²) in [5.41, 5.74) is 0.813. The highest BCUT2D eigenvalue weighted by Gasteiger charge is 2.47. The van der Waals surface area contributed by atoms with E-state index in [1.54, 1.807) is 0 Å². The van der Waals surface area contributed by atoms with E-state index in [2.05, 4.69) is 0 Å². The largest absolute Gasteiger partial charge is 0.481 e. The van der Waals surface area contributed by atoms with Crippen LogP contribution in [-0.2, 0) is 9.59 Å². The van der Waals surface area contributed by atoms with Crippen molar-refractivity contribution in [1.29, 1.82) is 0 Å². The average molecular weight is 282 g/mol. The standard InChI is InChI=1S/C16H26O4/c17-13(18)3-1-5-15-7-10-16(11-8-15,12-9-15)6-2-4-14(19)20/h1-12H2,(H,17,18)(H,19,20). The van der Waals surface area contributed by atoms with Gasteiger partial charge in [-0.05, 0) is 75.0 Å². The molecule has 2 bridgehead atoms. The van der Waals surface area contributed by atoms with Crippen LogP contribution in [0, 0.1) is 10.8 Å². The topological polar surface area (TPSA) is 74.6 Å². The first kappa shape index (κ1) is 15.3. The first-order valence-corrected chi connectivity index (χ1v) is 7.89. The van der Waals surface area contributed by atoms with E-state index >= 15 is 0 Å². The Labute approximate surface area is 120 Å². The normalized spacial score (nSPS) is 32.2. The van der Waals surface area contributed by atoms with Gasteiger partial charge in [-0.25, -0.2) is 0 Å². The van der Waals surface area contributed by atoms with Gasteiger partial charge in [0.2, 0.25) is 0 Å². The van der Waals surface area contributed by atoms with E-state index in [0.717, 1.165) is 25.7 Å². The molecule has 0 saturated heterocycles. The number of fused-ring (bicyclic) bond motifs is 3. The van der Waals surface area contributed by atoms with Gasteiger partial charge in [-0.2, -0.15) is 0 Å². The van der Waals surface area contributed by atoms with Crippen molar-refractivity contribution >= 4 is 11.9 Å². The van der Waals surface area contributed by atoms with Crippen molar-refractivity contribution in [2.45, 2.75) is 77.0 Å². The third-order valence-corrected chi connectivity index (χ3v) is 5.75. The van der Waals surface area contributed by atoms with E-state index in [-0.39, 0.29) is 0 Å². The Bertz CT molecular complexity index is 314. The van der Waals surface area contributed by atoms with Crippen LogP contribution in [0.5, 0.6) is 0 Å². The molecule has 0 aromatic carbocycles. The number of carboxylic acids is 2. The predicted octanol–water partition coefficient (Wildman–Crippen LogP) is 3.84. The zero-order chi connectivity index (χ0) is 14.6. The summed E-state index contributed by atoms with van der Waals surface area (Å²) < 4.78 is 0. The minimum Gasteiger partial charge on any atom is -0.481 e. The molecular weight excluding hydrogens is 256 g/mol. The van der Waals surface area contributed by atoms with Gasteiger partial charge in [-0.3, -0.25) is 9.59 Å². The van der Waals surface area contributed by atoms with Crippen molar-refractivity contribution in [3.8, 4) is 0 Å². The highest BCUT2D eigenvalue weighted by molar-refractivity contribution is 5.66. The second kappa shape index (κ2) is 6.15. The molecule has 2 N–H and O–H groups in total. The lowest BCUT2D eigenvalue weighted by atomic mass is 9.51. The molecule has 4 heteroatoms. The molecule has 0 aromatic rings. The number of rotatable bonds is 8. The fourth-order valence-corrected chi connectivity index (χ4v) is 4.32. The minimum absolute atomic E-state index is 0.297. The Hall–Kier alpha value is -1.06. The summed E-state index contributed by atoms with van der Waals surface area (Å²) in [4.78, 5) is 21.2. The number of hydrogen-bond donors (Lipinski definition) is 2. The lowest BCUT2D eigenvalue weighted by Crippen LogP contribution is -2.41. The second-order valence-electron chi connectivity index (χ2n) is 6.99. The van der Waals surface area contributed by atoms with Crippen LogP contribution >= 0.6 is 0 Å². The van der Waals surface area contributed by atoms with Crippen LogP contribution in [0.1, 0.15) is 77.0 Å². The van der Waals surface area contributed by atoms with Crippen molar-refractivity contribution in [3.05, 3.63) is 0 Å². The van der Waals surface area contributed by atoms with Gasteiger partial charge in [0.25, 0.3) is 0 Å². The van der Waals surface area contributed by atoms with Crippen LogP contribution in [0.3, 0.4) is 0 Å². The molecule has 0 unspecified atom stereocenters. The van der Waals surface area contributed by atoms with Gasteiger partial charge in [-0.1, -0.05) is 0 Å². The molecule has 0 amide bonds. The predicted molar refractivity (Wildman–Crippen MR) is 75.5 cm³/mol. The van der Waals surface area contributed by atoms with Crippen molar-refractivity contribution in [3.63, 3.8) is 0 Å². The van der Waals surface area contributed by atoms with Crippen LogP contribution in [0.4, 0.5) is 0 Å². The molecule has 3 fully saturated rings. The lowest BCUT2D eigenvalue weighted by Gasteiger charge is -2.54. The molecule has 3 saturated carbocycles. The average Bonchev–Trinajstić information content (AvgIpc) is 2.40. The third kappa shape index (κ3) is 3.74. The molecule has 0 spiro atoms. The Morgan fingerprint density at radius 1 is 0.700 bits per heavy atom. The maximum absolute atomic E-state index is 10.6. The second-order valence-corrected chi connectivity index (χ2v) is 6.99. The minimum atomic E-state index is -0.684. The smallest absolute Gasteiger partial charge is 0.303 e. The Balaban J connectivity index is 1.78. The maximum atomic E-state index is 10.6. The Kier molecular flexibility index (Phi) is 4.71. The highest BCUT2D eigenvalue weighted by Crippen LogP contribution is 2.60. The van der Waals surface area contributed by atoms with Crippen LogP contribution in [-0.4, -0.2) is 22.2 Å². The van der Waals surface area contributed by atoms with Gasteiger partial charge in [0.1, 0.15) is 0 Å². The van der Waals surface area contributed by atoms with Gasteiger partial charge >= 0.3 is 11.9 Å². The molecule has 114 valence electrons. The number of aliphatic carboxylic acids is 2. The van der Waals surface area contributed by atoms with E-state index in [4.69, 9.17) is 10.2 Å². The van der Waals surface area contributed by atoms with E-state index < -0.39 is 11.9 Å². The van der Waals surface area contributed by atoms with E-state index in [9.17, 15) is 9.59 Å². The molecular formula is C16H26O4. The zero-order valence-electron chi connectivity index (χ0n) is 12.2. The lowest BCUT2D eigenvalue weighted by molar-refractivity contribution is -0.138. The Morgan fingerprint density at radius 3 is 1.25 bits per heavy atom. The van der Waals surface area contributed by atoms with Gasteiger partial charge in [0.15, 0.2) is 0 Å². The van der Waals surface area contributed by atoms with Gasteiger partial charge in [0.05, 0.1) is 0 Å². The summed E-state index contributed by atoms with van der Waals surface area (Å²) in [5.74, 6) is -1.37. The molecule has 4 nitrogen and oxygen atoms in total. The van der Waals surface area contributed by atoms with Crippen molar-refractivity contribution < 1.29 is 19.8 Å². The van der Waals surface area contributed by atoms with Crippen molar-refractivity contribution in [1.82, 2.24) is 0 Å². The van der Waals surface area contributed by atoms with E-state index in [1.807, 2.05) is 0 Å². The molecule has 0 aromatic heterocycles. The summed E-state index contributed by atoms with van der Waals surface area (Å²) >= 11 is 0. The van der Waals surface area contributed by atoms with E-state index in [1.165, 1.54) is 38.5 Å². The molecule has 0 radical (unpaired) electrons. The summed E-state index contributed by atoms with van der Waals surface area (Å²) in [7, 11) is 0. The van der Waals surface area contributed by atoms with Gasteiger partial charge in [-0.15, -0.1) is 0 Å². The maximum Gasteiger partial charge on any atom is 0.303 e.